The van der Waals surface area contributed by atoms with Gasteiger partial charge in [-0.3, -0.25) is 4.79 Å². The zero-order valence-electron chi connectivity index (χ0n) is 15.1. The number of carbonyl (C=O) groups excluding carboxylic acids is 1. The smallest absolute Gasteiger partial charge is 0.341 e. The van der Waals surface area contributed by atoms with Gasteiger partial charge in [-0.25, -0.2) is 22.2 Å². The van der Waals surface area contributed by atoms with Crippen LogP contribution in [0.2, 0.25) is 0 Å². The molecule has 0 aliphatic rings. The Morgan fingerprint density at radius 2 is 1.87 bits per heavy atom. The summed E-state index contributed by atoms with van der Waals surface area (Å²) in [6, 6.07) is 7.73. The lowest BCUT2D eigenvalue weighted by atomic mass is 10.2. The molecule has 3 aromatic rings. The maximum atomic E-state index is 13.8. The Morgan fingerprint density at radius 3 is 2.57 bits per heavy atom. The van der Waals surface area contributed by atoms with Gasteiger partial charge in [-0.05, 0) is 24.3 Å². The van der Waals surface area contributed by atoms with E-state index in [2.05, 4.69) is 10.3 Å². The molecule has 6 nitrogen and oxygen atoms in total. The second-order valence-corrected chi connectivity index (χ2v) is 7.98. The second-order valence-electron chi connectivity index (χ2n) is 6.09. The number of anilines is 1. The van der Waals surface area contributed by atoms with Gasteiger partial charge in [0.2, 0.25) is 15.7 Å². The Balaban J connectivity index is 1.68. The highest BCUT2D eigenvalue weighted by atomic mass is 32.2. The maximum Gasteiger partial charge on any atom is 0.341 e. The number of nitrogens with zero attached hydrogens (tertiary/aromatic N) is 1. The minimum Gasteiger partial charge on any atom is -0.441 e. The Bertz CT molecular complexity index is 1180. The van der Waals surface area contributed by atoms with Crippen LogP contribution in [-0.4, -0.2) is 25.1 Å². The highest BCUT2D eigenvalue weighted by Gasteiger charge is 2.29. The highest BCUT2D eigenvalue weighted by Crippen LogP contribution is 2.27. The van der Waals surface area contributed by atoms with Crippen LogP contribution in [0, 0.1) is 11.6 Å². The summed E-state index contributed by atoms with van der Waals surface area (Å²) in [4.78, 5) is 15.4. The van der Waals surface area contributed by atoms with Crippen LogP contribution in [0.1, 0.15) is 12.3 Å². The molecule has 1 amide bonds. The summed E-state index contributed by atoms with van der Waals surface area (Å²) in [7, 11) is -4.90. The molecule has 1 heterocycles. The Hall–Kier alpha value is -3.21. The van der Waals surface area contributed by atoms with Crippen molar-refractivity contribution in [1.29, 1.82) is 0 Å². The molecule has 30 heavy (non-hydrogen) atoms. The lowest BCUT2D eigenvalue weighted by Crippen LogP contribution is -2.18. The molecule has 0 saturated heterocycles. The second kappa shape index (κ2) is 8.66. The lowest BCUT2D eigenvalue weighted by Gasteiger charge is -2.10. The van der Waals surface area contributed by atoms with E-state index in [4.69, 9.17) is 4.42 Å². The van der Waals surface area contributed by atoms with E-state index in [0.29, 0.717) is 6.07 Å². The van der Waals surface area contributed by atoms with Gasteiger partial charge in [-0.2, -0.15) is 8.78 Å². The molecule has 0 saturated carbocycles. The van der Waals surface area contributed by atoms with Gasteiger partial charge >= 0.3 is 5.76 Å². The fraction of sp³-hybridized carbons (Fsp3) is 0.158. The van der Waals surface area contributed by atoms with Crippen LogP contribution in [0.3, 0.4) is 0 Å². The first-order valence-corrected chi connectivity index (χ1v) is 10.0. The van der Waals surface area contributed by atoms with Crippen molar-refractivity contribution >= 4 is 21.4 Å². The molecule has 1 N–H and O–H groups in total. The molecule has 11 heteroatoms. The van der Waals surface area contributed by atoms with Gasteiger partial charge in [-0.1, -0.05) is 12.1 Å². The van der Waals surface area contributed by atoms with E-state index in [-0.39, 0.29) is 35.7 Å². The average molecular weight is 442 g/mol. The van der Waals surface area contributed by atoms with Gasteiger partial charge in [0.15, 0.2) is 11.7 Å². The summed E-state index contributed by atoms with van der Waals surface area (Å²) in [5.41, 5.74) is -0.282. The number of amides is 1. The zero-order valence-corrected chi connectivity index (χ0v) is 15.9. The number of halogens is 4. The van der Waals surface area contributed by atoms with E-state index >= 15 is 0 Å². The number of aromatic nitrogens is 1. The number of benzene rings is 2. The van der Waals surface area contributed by atoms with Gasteiger partial charge in [0, 0.05) is 18.9 Å². The zero-order chi connectivity index (χ0) is 21.9. The van der Waals surface area contributed by atoms with Crippen LogP contribution in [0.5, 0.6) is 0 Å². The van der Waals surface area contributed by atoms with E-state index in [1.807, 2.05) is 0 Å². The van der Waals surface area contributed by atoms with Gasteiger partial charge in [0.1, 0.15) is 11.6 Å². The number of rotatable bonds is 7. The van der Waals surface area contributed by atoms with Crippen molar-refractivity contribution in [2.45, 2.75) is 23.5 Å². The number of hydrogen-bond acceptors (Lipinski definition) is 5. The van der Waals surface area contributed by atoms with E-state index in [1.165, 1.54) is 30.5 Å². The molecule has 0 fully saturated rings. The molecule has 0 spiro atoms. The van der Waals surface area contributed by atoms with Crippen LogP contribution in [0.25, 0.3) is 11.3 Å². The molecule has 0 aliphatic carbocycles. The molecular weight excluding hydrogens is 428 g/mol. The quantitative estimate of drug-likeness (QED) is 0.555. The van der Waals surface area contributed by atoms with Crippen molar-refractivity contribution in [3.8, 4) is 11.3 Å². The third kappa shape index (κ3) is 4.67. The molecule has 0 atom stereocenters. The van der Waals surface area contributed by atoms with Gasteiger partial charge in [0.05, 0.1) is 22.3 Å². The third-order valence-electron chi connectivity index (χ3n) is 4.02. The first-order valence-electron chi connectivity index (χ1n) is 8.49. The number of carbonyl (C=O) groups is 1. The first-order chi connectivity index (χ1) is 14.2. The van der Waals surface area contributed by atoms with Crippen LogP contribution >= 0.6 is 0 Å². The first kappa shape index (κ1) is 21.5. The fourth-order valence-electron chi connectivity index (χ4n) is 2.59. The lowest BCUT2D eigenvalue weighted by molar-refractivity contribution is -0.116. The normalized spacial score (nSPS) is 11.6. The average Bonchev–Trinajstić information content (AvgIpc) is 3.15. The Kier molecular flexibility index (Phi) is 6.20. The molecule has 3 rings (SSSR count). The topological polar surface area (TPSA) is 89.3 Å². The van der Waals surface area contributed by atoms with Crippen LogP contribution < -0.4 is 5.32 Å². The summed E-state index contributed by atoms with van der Waals surface area (Å²) in [6.45, 7) is 0. The molecule has 0 aliphatic heterocycles. The van der Waals surface area contributed by atoms with Crippen molar-refractivity contribution in [3.05, 3.63) is 66.2 Å². The Labute approximate surface area is 168 Å². The molecule has 0 bridgehead atoms. The highest BCUT2D eigenvalue weighted by molar-refractivity contribution is 7.91. The van der Waals surface area contributed by atoms with Gasteiger partial charge in [-0.15, -0.1) is 0 Å². The molecule has 1 aromatic heterocycles. The van der Waals surface area contributed by atoms with Gasteiger partial charge < -0.3 is 9.73 Å². The summed E-state index contributed by atoms with van der Waals surface area (Å²) in [5, 5.41) is 2.27. The monoisotopic (exact) mass is 442 g/mol. The largest absolute Gasteiger partial charge is 0.441 e. The van der Waals surface area contributed by atoms with Crippen LogP contribution in [-0.2, 0) is 21.1 Å². The Morgan fingerprint density at radius 1 is 1.13 bits per heavy atom. The third-order valence-corrected chi connectivity index (χ3v) is 5.46. The van der Waals surface area contributed by atoms with Crippen molar-refractivity contribution in [2.24, 2.45) is 0 Å². The SMILES string of the molecule is O=C(CCc1ncc(-c2ccc(F)cc2F)o1)Nc1ccccc1S(=O)(=O)C(F)F. The number of nitrogens with one attached hydrogen (secondary N) is 1. The number of hydrogen-bond donors (Lipinski definition) is 1. The van der Waals surface area contributed by atoms with Crippen LogP contribution in [0.15, 0.2) is 58.0 Å². The predicted molar refractivity (Wildman–Crippen MR) is 98.4 cm³/mol. The molecule has 0 unspecified atom stereocenters. The van der Waals surface area contributed by atoms with Crippen molar-refractivity contribution < 1.29 is 35.2 Å². The van der Waals surface area contributed by atoms with Crippen LogP contribution in [0.4, 0.5) is 23.2 Å². The van der Waals surface area contributed by atoms with Crippen molar-refractivity contribution in [1.82, 2.24) is 4.98 Å². The molecule has 0 radical (unpaired) electrons. The number of aryl methyl sites for hydroxylation is 1. The fourth-order valence-corrected chi connectivity index (χ4v) is 3.47. The summed E-state index contributed by atoms with van der Waals surface area (Å²) in [6.07, 6.45) is 0.974. The summed E-state index contributed by atoms with van der Waals surface area (Å²) in [5.74, 6) is -5.77. The maximum absolute atomic E-state index is 13.8. The standard InChI is InChI=1S/C19H14F4N2O4S/c20-11-5-6-12(13(21)9-11)15-10-24-18(29-15)8-7-17(26)25-14-3-1-2-4-16(14)30(27,28)19(22)23/h1-6,9-10,19H,7-8H2,(H,25,26). The van der Waals surface area contributed by atoms with E-state index < -0.39 is 38.0 Å². The van der Waals surface area contributed by atoms with Crippen molar-refractivity contribution in [3.63, 3.8) is 0 Å². The molecule has 158 valence electrons. The minimum absolute atomic E-state index is 0.00858. The molecular formula is C19H14F4N2O4S. The summed E-state index contributed by atoms with van der Waals surface area (Å²) >= 11 is 0. The molecule has 2 aromatic carbocycles. The predicted octanol–water partition coefficient (Wildman–Crippen LogP) is 4.19. The summed E-state index contributed by atoms with van der Waals surface area (Å²) < 4.78 is 81.2. The van der Waals surface area contributed by atoms with Gasteiger partial charge in [0.25, 0.3) is 0 Å². The number of oxazole rings is 1. The van der Waals surface area contributed by atoms with E-state index in [0.717, 1.165) is 12.1 Å². The number of para-hydroxylation sites is 1. The number of alkyl halides is 2. The van der Waals surface area contributed by atoms with E-state index in [9.17, 15) is 30.8 Å². The number of sulfone groups is 1. The van der Waals surface area contributed by atoms with E-state index in [1.54, 1.807) is 0 Å². The van der Waals surface area contributed by atoms with Crippen molar-refractivity contribution in [2.75, 3.05) is 5.32 Å². The minimum atomic E-state index is -4.90.